The lowest BCUT2D eigenvalue weighted by molar-refractivity contribution is 0.799. The second-order valence-corrected chi connectivity index (χ2v) is 3.24. The van der Waals surface area contributed by atoms with Gasteiger partial charge >= 0.3 is 0 Å². The van der Waals surface area contributed by atoms with Crippen LogP contribution in [0.1, 0.15) is 12.5 Å². The number of imidazole rings is 1. The largest absolute Gasteiger partial charge is 0.369 e. The number of nitrogens with two attached hydrogens (primary N) is 2. The van der Waals surface area contributed by atoms with Gasteiger partial charge in [-0.15, -0.1) is 0 Å². The first kappa shape index (κ1) is 9.02. The molecule has 1 aromatic heterocycles. The molecule has 0 aliphatic heterocycles. The van der Waals surface area contributed by atoms with Crippen molar-refractivity contribution in [3.8, 4) is 0 Å². The molecule has 1 aromatic carbocycles. The Bertz CT molecular complexity index is 458. The molecular formula is C10H14N4. The summed E-state index contributed by atoms with van der Waals surface area (Å²) in [5.41, 5.74) is 14.5. The van der Waals surface area contributed by atoms with Crippen molar-refractivity contribution in [3.05, 3.63) is 23.8 Å². The van der Waals surface area contributed by atoms with Crippen molar-refractivity contribution in [1.29, 1.82) is 0 Å². The molecule has 0 aliphatic rings. The number of nitrogen functional groups attached to an aromatic ring is 1. The van der Waals surface area contributed by atoms with Crippen LogP contribution in [0.2, 0.25) is 0 Å². The molecule has 0 aliphatic carbocycles. The lowest BCUT2D eigenvalue weighted by Gasteiger charge is -2.02. The van der Waals surface area contributed by atoms with Crippen LogP contribution < -0.4 is 11.5 Å². The van der Waals surface area contributed by atoms with Gasteiger partial charge in [0.05, 0.1) is 11.0 Å². The average molecular weight is 190 g/mol. The molecule has 0 spiro atoms. The highest BCUT2D eigenvalue weighted by molar-refractivity contribution is 5.79. The van der Waals surface area contributed by atoms with Crippen LogP contribution in [0.15, 0.2) is 18.2 Å². The molecule has 0 fully saturated rings. The fraction of sp³-hybridized carbons (Fsp3) is 0.300. The van der Waals surface area contributed by atoms with Gasteiger partial charge in [-0.3, -0.25) is 0 Å². The highest BCUT2D eigenvalue weighted by Gasteiger charge is 2.06. The topological polar surface area (TPSA) is 69.9 Å². The number of aromatic nitrogens is 2. The van der Waals surface area contributed by atoms with Crippen LogP contribution in [0.4, 0.5) is 5.95 Å². The van der Waals surface area contributed by atoms with Gasteiger partial charge in [-0.05, 0) is 24.6 Å². The Hall–Kier alpha value is -1.55. The number of benzene rings is 1. The number of hydrogen-bond donors (Lipinski definition) is 2. The number of aryl methyl sites for hydroxylation is 1. The van der Waals surface area contributed by atoms with Crippen molar-refractivity contribution in [1.82, 2.24) is 9.55 Å². The molecule has 0 radical (unpaired) electrons. The zero-order valence-electron chi connectivity index (χ0n) is 8.20. The monoisotopic (exact) mass is 190 g/mol. The summed E-state index contributed by atoms with van der Waals surface area (Å²) in [4.78, 5) is 4.26. The lowest BCUT2D eigenvalue weighted by Crippen LogP contribution is -2.01. The Morgan fingerprint density at radius 3 is 2.86 bits per heavy atom. The summed E-state index contributed by atoms with van der Waals surface area (Å²) < 4.78 is 1.98. The molecule has 0 saturated carbocycles. The average Bonchev–Trinajstić information content (AvgIpc) is 2.52. The smallest absolute Gasteiger partial charge is 0.201 e. The summed E-state index contributed by atoms with van der Waals surface area (Å²) in [6.45, 7) is 3.42. The third-order valence-corrected chi connectivity index (χ3v) is 2.39. The summed E-state index contributed by atoms with van der Waals surface area (Å²) in [5.74, 6) is 0.566. The van der Waals surface area contributed by atoms with Gasteiger partial charge in [0.25, 0.3) is 0 Å². The zero-order chi connectivity index (χ0) is 10.1. The normalized spacial score (nSPS) is 11.0. The van der Waals surface area contributed by atoms with E-state index in [0.717, 1.165) is 23.1 Å². The summed E-state index contributed by atoms with van der Waals surface area (Å²) in [6.07, 6.45) is 0. The van der Waals surface area contributed by atoms with E-state index in [-0.39, 0.29) is 0 Å². The zero-order valence-corrected chi connectivity index (χ0v) is 8.20. The maximum absolute atomic E-state index is 5.78. The SMILES string of the molecule is CCn1c(N)nc2ccc(CN)cc21. The lowest BCUT2D eigenvalue weighted by atomic mass is 10.2. The van der Waals surface area contributed by atoms with Crippen molar-refractivity contribution in [2.45, 2.75) is 20.0 Å². The number of rotatable bonds is 2. The van der Waals surface area contributed by atoms with Crippen molar-refractivity contribution in [2.75, 3.05) is 5.73 Å². The molecule has 1 heterocycles. The molecule has 14 heavy (non-hydrogen) atoms. The molecule has 0 bridgehead atoms. The Balaban J connectivity index is 2.71. The molecule has 74 valence electrons. The predicted molar refractivity (Wildman–Crippen MR) is 57.7 cm³/mol. The standard InChI is InChI=1S/C10H14N4/c1-2-14-9-5-7(6-11)3-4-8(9)13-10(14)12/h3-5H,2,6,11H2,1H3,(H2,12,13). The van der Waals surface area contributed by atoms with Gasteiger partial charge in [0.1, 0.15) is 0 Å². The number of hydrogen-bond acceptors (Lipinski definition) is 3. The molecule has 4 nitrogen and oxygen atoms in total. The maximum Gasteiger partial charge on any atom is 0.201 e. The molecule has 0 unspecified atom stereocenters. The molecule has 4 N–H and O–H groups in total. The summed E-state index contributed by atoms with van der Waals surface area (Å²) in [6, 6.07) is 5.98. The Labute approximate surface area is 82.5 Å². The highest BCUT2D eigenvalue weighted by atomic mass is 15.1. The van der Waals surface area contributed by atoms with Crippen LogP contribution >= 0.6 is 0 Å². The first-order chi connectivity index (χ1) is 6.76. The van der Waals surface area contributed by atoms with Gasteiger partial charge in [-0.25, -0.2) is 4.98 Å². The van der Waals surface area contributed by atoms with Gasteiger partial charge in [-0.1, -0.05) is 6.07 Å². The maximum atomic E-state index is 5.78. The van der Waals surface area contributed by atoms with E-state index in [1.54, 1.807) is 0 Å². The Morgan fingerprint density at radius 2 is 2.21 bits per heavy atom. The Morgan fingerprint density at radius 1 is 1.43 bits per heavy atom. The first-order valence-corrected chi connectivity index (χ1v) is 4.71. The van der Waals surface area contributed by atoms with Crippen LogP contribution in [0.3, 0.4) is 0 Å². The van der Waals surface area contributed by atoms with Crippen LogP contribution in [0, 0.1) is 0 Å². The second kappa shape index (κ2) is 3.31. The quantitative estimate of drug-likeness (QED) is 0.745. The van der Waals surface area contributed by atoms with Gasteiger partial charge in [0.2, 0.25) is 5.95 Å². The van der Waals surface area contributed by atoms with E-state index in [0.29, 0.717) is 12.5 Å². The van der Waals surface area contributed by atoms with E-state index >= 15 is 0 Å². The van der Waals surface area contributed by atoms with Crippen LogP contribution in [-0.4, -0.2) is 9.55 Å². The molecule has 2 rings (SSSR count). The van der Waals surface area contributed by atoms with Crippen LogP contribution in [0.5, 0.6) is 0 Å². The minimum absolute atomic E-state index is 0.546. The summed E-state index contributed by atoms with van der Waals surface area (Å²) >= 11 is 0. The molecule has 0 saturated heterocycles. The van der Waals surface area contributed by atoms with E-state index in [9.17, 15) is 0 Å². The van der Waals surface area contributed by atoms with Crippen LogP contribution in [-0.2, 0) is 13.1 Å². The van der Waals surface area contributed by atoms with E-state index in [1.165, 1.54) is 0 Å². The highest BCUT2D eigenvalue weighted by Crippen LogP contribution is 2.18. The molecule has 2 aromatic rings. The fourth-order valence-corrected chi connectivity index (χ4v) is 1.65. The minimum atomic E-state index is 0.546. The van der Waals surface area contributed by atoms with Gasteiger partial charge in [0.15, 0.2) is 0 Å². The fourth-order valence-electron chi connectivity index (χ4n) is 1.65. The second-order valence-electron chi connectivity index (χ2n) is 3.24. The summed E-state index contributed by atoms with van der Waals surface area (Å²) in [5, 5.41) is 0. The third kappa shape index (κ3) is 1.24. The summed E-state index contributed by atoms with van der Waals surface area (Å²) in [7, 11) is 0. The van der Waals surface area contributed by atoms with Crippen LogP contribution in [0.25, 0.3) is 11.0 Å². The van der Waals surface area contributed by atoms with Crippen molar-refractivity contribution < 1.29 is 0 Å². The molecule has 0 atom stereocenters. The molecular weight excluding hydrogens is 176 g/mol. The first-order valence-electron chi connectivity index (χ1n) is 4.71. The van der Waals surface area contributed by atoms with E-state index in [2.05, 4.69) is 4.98 Å². The molecule has 4 heteroatoms. The van der Waals surface area contributed by atoms with Crippen molar-refractivity contribution in [3.63, 3.8) is 0 Å². The van der Waals surface area contributed by atoms with Gasteiger partial charge in [0, 0.05) is 13.1 Å². The number of anilines is 1. The van der Waals surface area contributed by atoms with Crippen molar-refractivity contribution >= 4 is 17.0 Å². The third-order valence-electron chi connectivity index (χ3n) is 2.39. The number of fused-ring (bicyclic) bond motifs is 1. The van der Waals surface area contributed by atoms with Gasteiger partial charge < -0.3 is 16.0 Å². The van der Waals surface area contributed by atoms with E-state index in [1.807, 2.05) is 29.7 Å². The minimum Gasteiger partial charge on any atom is -0.369 e. The predicted octanol–water partition coefficient (Wildman–Crippen LogP) is 1.10. The van der Waals surface area contributed by atoms with E-state index < -0.39 is 0 Å². The van der Waals surface area contributed by atoms with E-state index in [4.69, 9.17) is 11.5 Å². The molecule has 0 amide bonds. The van der Waals surface area contributed by atoms with Crippen molar-refractivity contribution in [2.24, 2.45) is 5.73 Å². The number of nitrogens with zero attached hydrogens (tertiary/aromatic N) is 2. The van der Waals surface area contributed by atoms with Gasteiger partial charge in [-0.2, -0.15) is 0 Å². The Kier molecular flexibility index (Phi) is 2.13.